The van der Waals surface area contributed by atoms with E-state index in [0.29, 0.717) is 6.04 Å². The molecule has 1 aliphatic rings. The van der Waals surface area contributed by atoms with Crippen LogP contribution in [-0.4, -0.2) is 52.4 Å². The minimum Gasteiger partial charge on any atom is -0.314 e. The molecule has 1 unspecified atom stereocenters. The molecule has 5 nitrogen and oxygen atoms in total. The molecule has 78 valence electrons. The molecule has 1 fully saturated rings. The molecule has 1 saturated heterocycles. The van der Waals surface area contributed by atoms with Crippen molar-refractivity contribution in [2.45, 2.75) is 19.0 Å². The molecule has 0 radical (unpaired) electrons. The van der Waals surface area contributed by atoms with Crippen LogP contribution in [0.2, 0.25) is 0 Å². The summed E-state index contributed by atoms with van der Waals surface area (Å²) in [6.07, 6.45) is 4.49. The Kier molecular flexibility index (Phi) is 3.10. The molecule has 5 heteroatoms. The molecule has 0 aromatic carbocycles. The molecule has 0 bridgehead atoms. The lowest BCUT2D eigenvalue weighted by Gasteiger charge is -2.32. The van der Waals surface area contributed by atoms with Crippen molar-refractivity contribution in [3.8, 4) is 0 Å². The number of aryl methyl sites for hydroxylation is 1. The number of nitrogens with zero attached hydrogens (tertiary/aromatic N) is 4. The van der Waals surface area contributed by atoms with E-state index in [4.69, 9.17) is 0 Å². The van der Waals surface area contributed by atoms with Crippen molar-refractivity contribution in [2.24, 2.45) is 0 Å². The summed E-state index contributed by atoms with van der Waals surface area (Å²) in [4.78, 5) is 6.34. The van der Waals surface area contributed by atoms with Crippen LogP contribution >= 0.6 is 0 Å². The van der Waals surface area contributed by atoms with Gasteiger partial charge in [0, 0.05) is 32.2 Å². The van der Waals surface area contributed by atoms with Gasteiger partial charge in [-0.05, 0) is 13.5 Å². The highest BCUT2D eigenvalue weighted by molar-refractivity contribution is 4.77. The maximum atomic E-state index is 4.09. The van der Waals surface area contributed by atoms with Crippen LogP contribution in [0.4, 0.5) is 0 Å². The summed E-state index contributed by atoms with van der Waals surface area (Å²) in [5, 5.41) is 7.50. The van der Waals surface area contributed by atoms with Gasteiger partial charge in [-0.2, -0.15) is 5.10 Å². The summed E-state index contributed by atoms with van der Waals surface area (Å²) >= 11 is 0. The summed E-state index contributed by atoms with van der Waals surface area (Å²) in [6, 6.07) is 0.632. The van der Waals surface area contributed by atoms with Gasteiger partial charge in [0.2, 0.25) is 0 Å². The molecular weight excluding hydrogens is 178 g/mol. The average Bonchev–Trinajstić information content (AvgIpc) is 2.69. The molecule has 0 aliphatic carbocycles. The van der Waals surface area contributed by atoms with Crippen LogP contribution in [0.1, 0.15) is 6.42 Å². The van der Waals surface area contributed by atoms with E-state index in [9.17, 15) is 0 Å². The molecule has 0 amide bonds. The van der Waals surface area contributed by atoms with E-state index >= 15 is 0 Å². The summed E-state index contributed by atoms with van der Waals surface area (Å²) in [5.41, 5.74) is 0. The summed E-state index contributed by atoms with van der Waals surface area (Å²) in [5.74, 6) is 0. The fourth-order valence-corrected chi connectivity index (χ4v) is 1.81. The molecule has 1 atom stereocenters. The Morgan fingerprint density at radius 2 is 2.50 bits per heavy atom. The van der Waals surface area contributed by atoms with E-state index in [1.807, 2.05) is 4.68 Å². The van der Waals surface area contributed by atoms with Crippen molar-refractivity contribution in [3.05, 3.63) is 12.7 Å². The van der Waals surface area contributed by atoms with Crippen LogP contribution in [0.3, 0.4) is 0 Å². The average molecular weight is 195 g/mol. The number of nitrogens with one attached hydrogen (secondary N) is 1. The molecule has 0 saturated carbocycles. The molecule has 2 heterocycles. The van der Waals surface area contributed by atoms with Gasteiger partial charge >= 0.3 is 0 Å². The lowest BCUT2D eigenvalue weighted by molar-refractivity contribution is 0.183. The third-order valence-electron chi connectivity index (χ3n) is 2.80. The lowest BCUT2D eigenvalue weighted by atomic mass is 10.1. The maximum absolute atomic E-state index is 4.09. The lowest BCUT2D eigenvalue weighted by Crippen LogP contribution is -2.49. The van der Waals surface area contributed by atoms with E-state index in [2.05, 4.69) is 27.3 Å². The first-order valence-electron chi connectivity index (χ1n) is 5.09. The Morgan fingerprint density at radius 1 is 1.57 bits per heavy atom. The second-order valence-corrected chi connectivity index (χ2v) is 3.79. The minimum atomic E-state index is 0.632. The van der Waals surface area contributed by atoms with Crippen LogP contribution in [-0.2, 0) is 6.54 Å². The molecule has 0 spiro atoms. The zero-order chi connectivity index (χ0) is 9.80. The Labute approximate surface area is 84.1 Å². The van der Waals surface area contributed by atoms with Crippen molar-refractivity contribution >= 4 is 0 Å². The first kappa shape index (κ1) is 9.61. The van der Waals surface area contributed by atoms with Gasteiger partial charge in [-0.1, -0.05) is 0 Å². The maximum Gasteiger partial charge on any atom is 0.137 e. The van der Waals surface area contributed by atoms with Crippen molar-refractivity contribution in [1.29, 1.82) is 0 Å². The number of hydrogen-bond donors (Lipinski definition) is 1. The monoisotopic (exact) mass is 195 g/mol. The third kappa shape index (κ3) is 2.30. The topological polar surface area (TPSA) is 46.0 Å². The normalized spacial score (nSPS) is 23.9. The minimum absolute atomic E-state index is 0.632. The van der Waals surface area contributed by atoms with E-state index in [1.165, 1.54) is 0 Å². The van der Waals surface area contributed by atoms with Crippen LogP contribution < -0.4 is 5.32 Å². The number of rotatable bonds is 3. The van der Waals surface area contributed by atoms with Crippen molar-refractivity contribution < 1.29 is 0 Å². The van der Waals surface area contributed by atoms with Crippen LogP contribution in [0, 0.1) is 0 Å². The molecule has 2 rings (SSSR count). The second kappa shape index (κ2) is 4.52. The zero-order valence-corrected chi connectivity index (χ0v) is 8.56. The van der Waals surface area contributed by atoms with Gasteiger partial charge in [0.15, 0.2) is 0 Å². The van der Waals surface area contributed by atoms with Crippen LogP contribution in [0.5, 0.6) is 0 Å². The van der Waals surface area contributed by atoms with E-state index in [1.54, 1.807) is 12.7 Å². The Balaban J connectivity index is 1.79. The van der Waals surface area contributed by atoms with Gasteiger partial charge in [-0.25, -0.2) is 4.98 Å². The van der Waals surface area contributed by atoms with E-state index in [-0.39, 0.29) is 0 Å². The molecular formula is C9H17N5. The molecule has 1 aromatic heterocycles. The van der Waals surface area contributed by atoms with Gasteiger partial charge in [-0.15, -0.1) is 0 Å². The Hall–Kier alpha value is -0.940. The van der Waals surface area contributed by atoms with Gasteiger partial charge in [-0.3, -0.25) is 4.68 Å². The van der Waals surface area contributed by atoms with Gasteiger partial charge in [0.1, 0.15) is 12.7 Å². The van der Waals surface area contributed by atoms with E-state index in [0.717, 1.165) is 32.6 Å². The largest absolute Gasteiger partial charge is 0.314 e. The smallest absolute Gasteiger partial charge is 0.137 e. The van der Waals surface area contributed by atoms with Crippen LogP contribution in [0.15, 0.2) is 12.7 Å². The predicted octanol–water partition coefficient (Wildman–Crippen LogP) is -0.428. The summed E-state index contributed by atoms with van der Waals surface area (Å²) in [6.45, 7) is 4.29. The standard InChI is InChI=1S/C9H17N5/c1-13-5-3-10-6-9(13)2-4-14-8-11-7-12-14/h7-10H,2-6H2,1H3. The van der Waals surface area contributed by atoms with Crippen molar-refractivity contribution in [3.63, 3.8) is 0 Å². The quantitative estimate of drug-likeness (QED) is 0.711. The third-order valence-corrected chi connectivity index (χ3v) is 2.80. The Bertz CT molecular complexity index is 258. The predicted molar refractivity (Wildman–Crippen MR) is 53.9 cm³/mol. The molecule has 1 aromatic rings. The Morgan fingerprint density at radius 3 is 3.21 bits per heavy atom. The highest BCUT2D eigenvalue weighted by Crippen LogP contribution is 2.05. The molecule has 14 heavy (non-hydrogen) atoms. The summed E-state index contributed by atoms with van der Waals surface area (Å²) < 4.78 is 1.89. The fourth-order valence-electron chi connectivity index (χ4n) is 1.81. The molecule has 1 N–H and O–H groups in total. The highest BCUT2D eigenvalue weighted by atomic mass is 15.3. The van der Waals surface area contributed by atoms with Gasteiger partial charge < -0.3 is 10.2 Å². The SMILES string of the molecule is CN1CCNCC1CCn1cncn1. The van der Waals surface area contributed by atoms with Gasteiger partial charge in [0.25, 0.3) is 0 Å². The van der Waals surface area contributed by atoms with E-state index < -0.39 is 0 Å². The molecule has 1 aliphatic heterocycles. The van der Waals surface area contributed by atoms with Crippen molar-refractivity contribution in [1.82, 2.24) is 25.0 Å². The first-order chi connectivity index (χ1) is 6.86. The number of aromatic nitrogens is 3. The summed E-state index contributed by atoms with van der Waals surface area (Å²) in [7, 11) is 2.19. The fraction of sp³-hybridized carbons (Fsp3) is 0.778. The van der Waals surface area contributed by atoms with Crippen molar-refractivity contribution in [2.75, 3.05) is 26.7 Å². The second-order valence-electron chi connectivity index (χ2n) is 3.79. The van der Waals surface area contributed by atoms with Gasteiger partial charge in [0.05, 0.1) is 0 Å². The first-order valence-corrected chi connectivity index (χ1v) is 5.09. The number of hydrogen-bond acceptors (Lipinski definition) is 4. The number of piperazine rings is 1. The highest BCUT2D eigenvalue weighted by Gasteiger charge is 2.17. The zero-order valence-electron chi connectivity index (χ0n) is 8.56. The number of likely N-dealkylation sites (N-methyl/N-ethyl adjacent to an activating group) is 1. The van der Waals surface area contributed by atoms with Crippen LogP contribution in [0.25, 0.3) is 0 Å².